The highest BCUT2D eigenvalue weighted by molar-refractivity contribution is 7.13. The summed E-state index contributed by atoms with van der Waals surface area (Å²) < 4.78 is 0. The highest BCUT2D eigenvalue weighted by atomic mass is 32.1. The Hall–Kier alpha value is -3.31. The van der Waals surface area contributed by atoms with Gasteiger partial charge in [0.05, 0.1) is 28.7 Å². The standard InChI is InChI=1S/C25H33N5O5S/c1-15-21(36-14-28-15)17-7-5-16(6-8-17)10-27-23(34)19-9-18(32)12-30(19)24(35)22(25(2,3)4)29-20(33)11-26-13-31/h5-8,13-14,18-19,22,32H,9-12H2,1-4H3,(H,26,31)(H,27,34)(H,29,33). The Morgan fingerprint density at radius 2 is 1.94 bits per heavy atom. The van der Waals surface area contributed by atoms with Crippen LogP contribution >= 0.6 is 11.3 Å². The number of thiazole rings is 1. The van der Waals surface area contributed by atoms with Crippen LogP contribution in [-0.4, -0.2) is 70.4 Å². The zero-order chi connectivity index (χ0) is 26.5. The molecule has 1 aliphatic heterocycles. The molecular weight excluding hydrogens is 482 g/mol. The van der Waals surface area contributed by atoms with Gasteiger partial charge in [-0.2, -0.15) is 0 Å². The van der Waals surface area contributed by atoms with Crippen LogP contribution < -0.4 is 16.0 Å². The van der Waals surface area contributed by atoms with E-state index in [1.54, 1.807) is 37.6 Å². The minimum absolute atomic E-state index is 0.00510. The number of rotatable bonds is 9. The number of carbonyl (C=O) groups is 4. The minimum Gasteiger partial charge on any atom is -0.391 e. The largest absolute Gasteiger partial charge is 0.391 e. The number of carbonyl (C=O) groups excluding carboxylic acids is 4. The predicted molar refractivity (Wildman–Crippen MR) is 136 cm³/mol. The highest BCUT2D eigenvalue weighted by Gasteiger charge is 2.44. The van der Waals surface area contributed by atoms with E-state index in [1.807, 2.05) is 31.2 Å². The van der Waals surface area contributed by atoms with Gasteiger partial charge in [-0.3, -0.25) is 19.2 Å². The average molecular weight is 516 g/mol. The second kappa shape index (κ2) is 11.6. The molecule has 194 valence electrons. The number of hydrogen-bond donors (Lipinski definition) is 4. The first kappa shape index (κ1) is 27.3. The summed E-state index contributed by atoms with van der Waals surface area (Å²) in [6.07, 6.45) is -0.336. The third-order valence-electron chi connectivity index (χ3n) is 6.06. The Balaban J connectivity index is 1.66. The van der Waals surface area contributed by atoms with Crippen LogP contribution in [-0.2, 0) is 25.7 Å². The first-order valence-corrected chi connectivity index (χ1v) is 12.6. The number of nitrogens with zero attached hydrogens (tertiary/aromatic N) is 2. The van der Waals surface area contributed by atoms with Crippen LogP contribution in [0.25, 0.3) is 10.4 Å². The third-order valence-corrected chi connectivity index (χ3v) is 7.04. The molecule has 1 aromatic heterocycles. The summed E-state index contributed by atoms with van der Waals surface area (Å²) in [4.78, 5) is 55.9. The molecule has 2 aromatic rings. The Morgan fingerprint density at radius 3 is 2.53 bits per heavy atom. The van der Waals surface area contributed by atoms with Crippen LogP contribution in [0.2, 0.25) is 0 Å². The molecule has 0 spiro atoms. The van der Waals surface area contributed by atoms with Crippen molar-refractivity contribution in [1.29, 1.82) is 0 Å². The number of benzene rings is 1. The van der Waals surface area contributed by atoms with Gasteiger partial charge < -0.3 is 26.0 Å². The van der Waals surface area contributed by atoms with Gasteiger partial charge in [-0.15, -0.1) is 11.3 Å². The van der Waals surface area contributed by atoms with Gasteiger partial charge in [0, 0.05) is 19.5 Å². The molecule has 36 heavy (non-hydrogen) atoms. The van der Waals surface area contributed by atoms with Crippen molar-refractivity contribution in [2.75, 3.05) is 13.1 Å². The van der Waals surface area contributed by atoms with E-state index >= 15 is 0 Å². The molecule has 4 amide bonds. The second-order valence-electron chi connectivity index (χ2n) is 9.94. The van der Waals surface area contributed by atoms with Crippen molar-refractivity contribution < 1.29 is 24.3 Å². The molecular formula is C25H33N5O5S. The molecule has 1 fully saturated rings. The highest BCUT2D eigenvalue weighted by Crippen LogP contribution is 2.28. The van der Waals surface area contributed by atoms with Crippen molar-refractivity contribution in [3.63, 3.8) is 0 Å². The van der Waals surface area contributed by atoms with Crippen molar-refractivity contribution >= 4 is 35.5 Å². The van der Waals surface area contributed by atoms with Crippen LogP contribution in [0, 0.1) is 12.3 Å². The quantitative estimate of drug-likeness (QED) is 0.367. The maximum atomic E-state index is 13.4. The molecule has 3 atom stereocenters. The number of aromatic nitrogens is 1. The molecule has 0 saturated carbocycles. The van der Waals surface area contributed by atoms with Crippen molar-refractivity contribution in [3.05, 3.63) is 41.0 Å². The van der Waals surface area contributed by atoms with E-state index in [4.69, 9.17) is 0 Å². The second-order valence-corrected chi connectivity index (χ2v) is 10.8. The summed E-state index contributed by atoms with van der Waals surface area (Å²) in [7, 11) is 0. The molecule has 2 heterocycles. The first-order valence-electron chi connectivity index (χ1n) is 11.7. The first-order chi connectivity index (χ1) is 17.0. The normalized spacial score (nSPS) is 18.4. The topological polar surface area (TPSA) is 141 Å². The Kier molecular flexibility index (Phi) is 8.80. The molecule has 3 rings (SSSR count). The maximum absolute atomic E-state index is 13.4. The van der Waals surface area contributed by atoms with Crippen LogP contribution in [0.5, 0.6) is 0 Å². The fraction of sp³-hybridized carbons (Fsp3) is 0.480. The summed E-state index contributed by atoms with van der Waals surface area (Å²) in [5.41, 5.74) is 4.06. The van der Waals surface area contributed by atoms with Gasteiger partial charge >= 0.3 is 0 Å². The molecule has 3 unspecified atom stereocenters. The van der Waals surface area contributed by atoms with Gasteiger partial charge in [-0.1, -0.05) is 45.0 Å². The van der Waals surface area contributed by atoms with Gasteiger partial charge in [0.2, 0.25) is 24.1 Å². The Bertz CT molecular complexity index is 1100. The van der Waals surface area contributed by atoms with Crippen LogP contribution in [0.4, 0.5) is 0 Å². The van der Waals surface area contributed by atoms with E-state index in [0.29, 0.717) is 6.41 Å². The Labute approximate surface area is 214 Å². The summed E-state index contributed by atoms with van der Waals surface area (Å²) in [6, 6.07) is 6.02. The molecule has 0 aliphatic carbocycles. The number of aliphatic hydroxyl groups excluding tert-OH is 1. The van der Waals surface area contributed by atoms with Crippen molar-refractivity contribution in [2.45, 2.75) is 58.8 Å². The number of β-amino-alcohol motifs (C(OH)–C–C–N with tert-alkyl or cyclic N) is 1. The van der Waals surface area contributed by atoms with Crippen molar-refractivity contribution in [3.8, 4) is 10.4 Å². The van der Waals surface area contributed by atoms with Gasteiger partial charge in [-0.25, -0.2) is 4.98 Å². The molecule has 4 N–H and O–H groups in total. The van der Waals surface area contributed by atoms with Gasteiger partial charge in [0.25, 0.3) is 0 Å². The monoisotopic (exact) mass is 515 g/mol. The third kappa shape index (κ3) is 6.67. The lowest BCUT2D eigenvalue weighted by Crippen LogP contribution is -2.58. The molecule has 10 nitrogen and oxygen atoms in total. The molecule has 11 heteroatoms. The van der Waals surface area contributed by atoms with E-state index in [0.717, 1.165) is 21.7 Å². The molecule has 0 radical (unpaired) electrons. The SMILES string of the molecule is Cc1ncsc1-c1ccc(CNC(=O)C2CC(O)CN2C(=O)C(NC(=O)CNC=O)C(C)(C)C)cc1. The predicted octanol–water partition coefficient (Wildman–Crippen LogP) is 0.973. The number of amides is 4. The molecule has 0 bridgehead atoms. The summed E-state index contributed by atoms with van der Waals surface area (Å²) >= 11 is 1.57. The van der Waals surface area contributed by atoms with Crippen LogP contribution in [0.1, 0.15) is 38.4 Å². The van der Waals surface area contributed by atoms with Crippen LogP contribution in [0.3, 0.4) is 0 Å². The Morgan fingerprint density at radius 1 is 1.25 bits per heavy atom. The number of nitrogens with one attached hydrogen (secondary N) is 3. The van der Waals surface area contributed by atoms with Gasteiger partial charge in [0.1, 0.15) is 12.1 Å². The maximum Gasteiger partial charge on any atom is 0.246 e. The van der Waals surface area contributed by atoms with Gasteiger partial charge in [-0.05, 0) is 23.5 Å². The lowest BCUT2D eigenvalue weighted by Gasteiger charge is -2.35. The van der Waals surface area contributed by atoms with E-state index < -0.39 is 35.4 Å². The van der Waals surface area contributed by atoms with E-state index in [9.17, 15) is 24.3 Å². The van der Waals surface area contributed by atoms with E-state index in [2.05, 4.69) is 20.9 Å². The van der Waals surface area contributed by atoms with E-state index in [-0.39, 0.29) is 32.0 Å². The van der Waals surface area contributed by atoms with Crippen molar-refractivity contribution in [1.82, 2.24) is 25.8 Å². The van der Waals surface area contributed by atoms with E-state index in [1.165, 1.54) is 4.90 Å². The fourth-order valence-corrected chi connectivity index (χ4v) is 4.94. The molecule has 1 aromatic carbocycles. The van der Waals surface area contributed by atoms with Gasteiger partial charge in [0.15, 0.2) is 0 Å². The fourth-order valence-electron chi connectivity index (χ4n) is 4.13. The average Bonchev–Trinajstić information content (AvgIpc) is 3.44. The number of aliphatic hydroxyl groups is 1. The smallest absolute Gasteiger partial charge is 0.246 e. The zero-order valence-electron chi connectivity index (χ0n) is 20.9. The molecule has 1 aliphatic rings. The van der Waals surface area contributed by atoms with Crippen LogP contribution in [0.15, 0.2) is 29.8 Å². The number of likely N-dealkylation sites (tertiary alicyclic amines) is 1. The lowest BCUT2D eigenvalue weighted by molar-refractivity contribution is -0.144. The lowest BCUT2D eigenvalue weighted by atomic mass is 9.85. The summed E-state index contributed by atoms with van der Waals surface area (Å²) in [6.45, 7) is 7.34. The number of hydrogen-bond acceptors (Lipinski definition) is 7. The van der Waals surface area contributed by atoms with Crippen molar-refractivity contribution in [2.24, 2.45) is 5.41 Å². The molecule has 1 saturated heterocycles. The summed E-state index contributed by atoms with van der Waals surface area (Å²) in [5.74, 6) is -1.35. The number of aryl methyl sites for hydroxylation is 1. The summed E-state index contributed by atoms with van der Waals surface area (Å²) in [5, 5.41) is 18.1. The zero-order valence-corrected chi connectivity index (χ0v) is 21.7. The minimum atomic E-state index is -0.943.